The second-order valence-corrected chi connectivity index (χ2v) is 7.49. The molecule has 178 valence electrons. The number of carboxylic acid groups (broad SMARTS) is 1. The normalized spacial score (nSPS) is 10.6. The van der Waals surface area contributed by atoms with Crippen molar-refractivity contribution in [1.29, 1.82) is 0 Å². The van der Waals surface area contributed by atoms with Crippen LogP contribution < -0.4 is 11.1 Å². The van der Waals surface area contributed by atoms with Gasteiger partial charge < -0.3 is 26.4 Å². The largest absolute Gasteiger partial charge is 0.478 e. The average Bonchev–Trinajstić information content (AvgIpc) is 2.75. The SMILES string of the molecule is CCCCCN(CCO)CCO.NCc1c(Cl)cccc1Nc1cc(F)ccc1C(=O)O. The Bertz CT molecular complexity index is 833. The Morgan fingerprint density at radius 3 is 2.34 bits per heavy atom. The Hall–Kier alpha value is -2.23. The summed E-state index contributed by atoms with van der Waals surface area (Å²) in [6.45, 7) is 5.09. The van der Waals surface area contributed by atoms with E-state index in [1.54, 1.807) is 18.2 Å². The number of carbonyl (C=O) groups is 1. The third kappa shape index (κ3) is 9.50. The molecule has 0 heterocycles. The first-order valence-electron chi connectivity index (χ1n) is 10.6. The molecule has 0 spiro atoms. The highest BCUT2D eigenvalue weighted by molar-refractivity contribution is 6.31. The van der Waals surface area contributed by atoms with Crippen LogP contribution in [0.3, 0.4) is 0 Å². The first-order valence-corrected chi connectivity index (χ1v) is 11.0. The molecule has 0 radical (unpaired) electrons. The number of halogens is 2. The third-order valence-electron chi connectivity index (χ3n) is 4.71. The van der Waals surface area contributed by atoms with Gasteiger partial charge in [0, 0.05) is 35.9 Å². The fourth-order valence-corrected chi connectivity index (χ4v) is 3.29. The quantitative estimate of drug-likeness (QED) is 0.299. The molecule has 0 unspecified atom stereocenters. The van der Waals surface area contributed by atoms with Crippen molar-refractivity contribution in [3.63, 3.8) is 0 Å². The van der Waals surface area contributed by atoms with Crippen LogP contribution in [0.5, 0.6) is 0 Å². The van der Waals surface area contributed by atoms with Crippen LogP contribution in [0.15, 0.2) is 36.4 Å². The second kappa shape index (κ2) is 15.6. The molecule has 7 nitrogen and oxygen atoms in total. The molecule has 0 saturated heterocycles. The second-order valence-electron chi connectivity index (χ2n) is 7.09. The van der Waals surface area contributed by atoms with Crippen molar-refractivity contribution in [3.05, 3.63) is 58.4 Å². The van der Waals surface area contributed by atoms with Crippen LogP contribution in [0, 0.1) is 5.82 Å². The number of hydrogen-bond donors (Lipinski definition) is 5. The Balaban J connectivity index is 0.000000368. The van der Waals surface area contributed by atoms with E-state index < -0.39 is 11.8 Å². The van der Waals surface area contributed by atoms with Gasteiger partial charge in [0.25, 0.3) is 0 Å². The van der Waals surface area contributed by atoms with E-state index in [0.29, 0.717) is 29.4 Å². The lowest BCUT2D eigenvalue weighted by Gasteiger charge is -2.19. The zero-order chi connectivity index (χ0) is 23.9. The fourth-order valence-electron chi connectivity index (χ4n) is 3.04. The maximum Gasteiger partial charge on any atom is 0.337 e. The zero-order valence-electron chi connectivity index (χ0n) is 18.4. The maximum atomic E-state index is 13.3. The Morgan fingerprint density at radius 1 is 1.09 bits per heavy atom. The van der Waals surface area contributed by atoms with Crippen LogP contribution in [-0.2, 0) is 6.54 Å². The predicted molar refractivity (Wildman–Crippen MR) is 126 cm³/mol. The van der Waals surface area contributed by atoms with Crippen molar-refractivity contribution >= 4 is 28.9 Å². The minimum absolute atomic E-state index is 0.0330. The molecule has 0 aliphatic heterocycles. The van der Waals surface area contributed by atoms with Gasteiger partial charge in [-0.25, -0.2) is 9.18 Å². The number of anilines is 2. The van der Waals surface area contributed by atoms with Gasteiger partial charge in [-0.05, 0) is 43.3 Å². The minimum atomic E-state index is -1.15. The van der Waals surface area contributed by atoms with E-state index in [0.717, 1.165) is 25.1 Å². The van der Waals surface area contributed by atoms with Gasteiger partial charge in [-0.2, -0.15) is 0 Å². The summed E-state index contributed by atoms with van der Waals surface area (Å²) in [5.41, 5.74) is 6.92. The van der Waals surface area contributed by atoms with E-state index >= 15 is 0 Å². The van der Waals surface area contributed by atoms with Crippen molar-refractivity contribution in [2.24, 2.45) is 5.73 Å². The van der Waals surface area contributed by atoms with Crippen LogP contribution in [0.1, 0.15) is 42.1 Å². The molecular weight excluding hydrogens is 437 g/mol. The van der Waals surface area contributed by atoms with E-state index in [2.05, 4.69) is 17.1 Å². The van der Waals surface area contributed by atoms with Crippen LogP contribution in [-0.4, -0.2) is 59.0 Å². The van der Waals surface area contributed by atoms with Gasteiger partial charge in [0.2, 0.25) is 0 Å². The number of rotatable bonds is 12. The number of nitrogens with zero attached hydrogens (tertiary/aromatic N) is 1. The highest BCUT2D eigenvalue weighted by Gasteiger charge is 2.13. The lowest BCUT2D eigenvalue weighted by Crippen LogP contribution is -2.30. The fraction of sp³-hybridized carbons (Fsp3) is 0.435. The molecule has 0 bridgehead atoms. The van der Waals surface area contributed by atoms with Crippen molar-refractivity contribution in [2.45, 2.75) is 32.7 Å². The number of carboxylic acids is 1. The first-order chi connectivity index (χ1) is 15.4. The summed E-state index contributed by atoms with van der Waals surface area (Å²) in [7, 11) is 0. The summed E-state index contributed by atoms with van der Waals surface area (Å²) in [5.74, 6) is -1.68. The molecule has 0 aliphatic carbocycles. The number of aliphatic hydroxyl groups is 2. The molecule has 2 aromatic carbocycles. The van der Waals surface area contributed by atoms with Crippen molar-refractivity contribution in [1.82, 2.24) is 4.90 Å². The number of hydrogen-bond acceptors (Lipinski definition) is 6. The zero-order valence-corrected chi connectivity index (χ0v) is 19.1. The number of aliphatic hydroxyl groups excluding tert-OH is 2. The molecule has 0 fully saturated rings. The van der Waals surface area contributed by atoms with Gasteiger partial charge in [0.05, 0.1) is 24.5 Å². The highest BCUT2D eigenvalue weighted by atomic mass is 35.5. The Morgan fingerprint density at radius 2 is 1.78 bits per heavy atom. The summed E-state index contributed by atoms with van der Waals surface area (Å²) in [5, 5.41) is 29.8. The summed E-state index contributed by atoms with van der Waals surface area (Å²) in [6.07, 6.45) is 3.61. The molecule has 2 aromatic rings. The summed E-state index contributed by atoms with van der Waals surface area (Å²) >= 11 is 6.02. The third-order valence-corrected chi connectivity index (χ3v) is 5.07. The van der Waals surface area contributed by atoms with Gasteiger partial charge in [0.15, 0.2) is 0 Å². The summed E-state index contributed by atoms with van der Waals surface area (Å²) < 4.78 is 13.3. The van der Waals surface area contributed by atoms with Crippen LogP contribution in [0.25, 0.3) is 0 Å². The smallest absolute Gasteiger partial charge is 0.337 e. The van der Waals surface area contributed by atoms with Crippen molar-refractivity contribution in [3.8, 4) is 0 Å². The number of benzene rings is 2. The molecule has 32 heavy (non-hydrogen) atoms. The molecule has 0 amide bonds. The van der Waals surface area contributed by atoms with E-state index in [1.807, 2.05) is 0 Å². The number of aromatic carboxylic acids is 1. The predicted octanol–water partition coefficient (Wildman–Crippen LogP) is 3.84. The monoisotopic (exact) mass is 469 g/mol. The molecule has 6 N–H and O–H groups in total. The van der Waals surface area contributed by atoms with Gasteiger partial charge in [-0.3, -0.25) is 4.90 Å². The molecule has 0 atom stereocenters. The molecular formula is C23H33ClFN3O4. The number of nitrogens with one attached hydrogen (secondary N) is 1. The summed E-state index contributed by atoms with van der Waals surface area (Å²) in [6, 6.07) is 8.49. The summed E-state index contributed by atoms with van der Waals surface area (Å²) in [4.78, 5) is 13.2. The molecule has 9 heteroatoms. The van der Waals surface area contributed by atoms with Crippen LogP contribution in [0.4, 0.5) is 15.8 Å². The molecule has 0 aromatic heterocycles. The molecule has 2 rings (SSSR count). The Labute approximate surface area is 193 Å². The van der Waals surface area contributed by atoms with Crippen molar-refractivity contribution < 1.29 is 24.5 Å². The lowest BCUT2D eigenvalue weighted by atomic mass is 10.1. The average molecular weight is 470 g/mol. The van der Waals surface area contributed by atoms with Crippen molar-refractivity contribution in [2.75, 3.05) is 38.2 Å². The van der Waals surface area contributed by atoms with E-state index in [-0.39, 0.29) is 31.0 Å². The number of nitrogens with two attached hydrogens (primary N) is 1. The molecule has 0 aliphatic rings. The van der Waals surface area contributed by atoms with E-state index in [4.69, 9.17) is 32.7 Å². The number of unbranched alkanes of at least 4 members (excludes halogenated alkanes) is 2. The standard InChI is InChI=1S/C14H12ClFN2O2.C9H21NO2/c15-11-2-1-3-12(10(11)7-17)18-13-6-8(16)4-5-9(13)14(19)20;1-2-3-4-5-10(6-8-11)7-9-12/h1-6,18H,7,17H2,(H,19,20);11-12H,2-9H2,1H3. The van der Waals surface area contributed by atoms with E-state index in [1.165, 1.54) is 18.9 Å². The first kappa shape index (κ1) is 27.8. The minimum Gasteiger partial charge on any atom is -0.478 e. The maximum absolute atomic E-state index is 13.3. The van der Waals surface area contributed by atoms with Gasteiger partial charge in [0.1, 0.15) is 5.82 Å². The highest BCUT2D eigenvalue weighted by Crippen LogP contribution is 2.28. The Kier molecular flexibility index (Phi) is 13.5. The van der Waals surface area contributed by atoms with Crippen LogP contribution in [0.2, 0.25) is 5.02 Å². The van der Waals surface area contributed by atoms with Gasteiger partial charge in [-0.15, -0.1) is 0 Å². The van der Waals surface area contributed by atoms with Crippen LogP contribution >= 0.6 is 11.6 Å². The topological polar surface area (TPSA) is 119 Å². The molecule has 0 saturated carbocycles. The van der Waals surface area contributed by atoms with Gasteiger partial charge in [-0.1, -0.05) is 37.4 Å². The van der Waals surface area contributed by atoms with Gasteiger partial charge >= 0.3 is 5.97 Å². The lowest BCUT2D eigenvalue weighted by molar-refractivity contribution is 0.0698. The van der Waals surface area contributed by atoms with E-state index in [9.17, 15) is 9.18 Å².